The lowest BCUT2D eigenvalue weighted by molar-refractivity contribution is -0.117. The maximum atomic E-state index is 12.4. The maximum Gasteiger partial charge on any atom is 0.240 e. The summed E-state index contributed by atoms with van der Waals surface area (Å²) in [7, 11) is 1.76. The number of rotatable bonds is 3. The number of carbonyl (C=O) groups excluding carboxylic acids is 2. The van der Waals surface area contributed by atoms with E-state index in [1.54, 1.807) is 24.1 Å². The first-order valence-electron chi connectivity index (χ1n) is 6.78. The standard InChI is InChI=1S/C17H15NO2S/c1-18-13-9-5-6-10-15(13)21-16(17(18)20)11-14(19)12-7-3-2-4-8-12/h2-10,16H,11H2,1H3. The van der Waals surface area contributed by atoms with Crippen molar-refractivity contribution < 1.29 is 9.59 Å². The van der Waals surface area contributed by atoms with Crippen molar-refractivity contribution in [3.05, 3.63) is 60.2 Å². The molecular weight excluding hydrogens is 282 g/mol. The van der Waals surface area contributed by atoms with E-state index in [1.807, 2.05) is 42.5 Å². The molecule has 4 heteroatoms. The van der Waals surface area contributed by atoms with Gasteiger partial charge in [-0.3, -0.25) is 9.59 Å². The fourth-order valence-electron chi connectivity index (χ4n) is 2.41. The first-order chi connectivity index (χ1) is 10.2. The molecule has 1 heterocycles. The van der Waals surface area contributed by atoms with Gasteiger partial charge in [-0.1, -0.05) is 42.5 Å². The summed E-state index contributed by atoms with van der Waals surface area (Å²) in [6.45, 7) is 0. The molecule has 1 aliphatic heterocycles. The molecule has 0 fully saturated rings. The van der Waals surface area contributed by atoms with Gasteiger partial charge in [-0.05, 0) is 12.1 Å². The molecule has 0 bridgehead atoms. The van der Waals surface area contributed by atoms with E-state index in [0.717, 1.165) is 10.6 Å². The number of carbonyl (C=O) groups is 2. The zero-order valence-electron chi connectivity index (χ0n) is 11.7. The SMILES string of the molecule is CN1C(=O)C(CC(=O)c2ccccc2)Sc2ccccc21. The van der Waals surface area contributed by atoms with Crippen molar-refractivity contribution in [3.63, 3.8) is 0 Å². The van der Waals surface area contributed by atoms with Crippen molar-refractivity contribution in [2.45, 2.75) is 16.6 Å². The Balaban J connectivity index is 1.81. The van der Waals surface area contributed by atoms with Crippen molar-refractivity contribution in [3.8, 4) is 0 Å². The number of para-hydroxylation sites is 1. The Morgan fingerprint density at radius 2 is 1.76 bits per heavy atom. The number of thioether (sulfide) groups is 1. The fraction of sp³-hybridized carbons (Fsp3) is 0.176. The lowest BCUT2D eigenvalue weighted by atomic mass is 10.1. The van der Waals surface area contributed by atoms with Gasteiger partial charge in [0.15, 0.2) is 5.78 Å². The summed E-state index contributed by atoms with van der Waals surface area (Å²) in [4.78, 5) is 27.4. The molecule has 0 aliphatic carbocycles. The number of Topliss-reactive ketones (excluding diaryl/α,β-unsaturated/α-hetero) is 1. The molecule has 2 aromatic carbocycles. The van der Waals surface area contributed by atoms with Crippen molar-refractivity contribution >= 4 is 29.1 Å². The molecule has 1 aliphatic rings. The van der Waals surface area contributed by atoms with E-state index < -0.39 is 0 Å². The molecule has 106 valence electrons. The molecule has 0 saturated heterocycles. The second kappa shape index (κ2) is 5.74. The van der Waals surface area contributed by atoms with Crippen LogP contribution in [-0.4, -0.2) is 24.0 Å². The van der Waals surface area contributed by atoms with E-state index in [2.05, 4.69) is 0 Å². The predicted octanol–water partition coefficient (Wildman–Crippen LogP) is 3.40. The van der Waals surface area contributed by atoms with Crippen LogP contribution in [0.5, 0.6) is 0 Å². The third kappa shape index (κ3) is 2.72. The van der Waals surface area contributed by atoms with Crippen LogP contribution in [0.1, 0.15) is 16.8 Å². The fourth-order valence-corrected chi connectivity index (χ4v) is 3.69. The van der Waals surface area contributed by atoms with Crippen LogP contribution in [0.4, 0.5) is 5.69 Å². The Hall–Kier alpha value is -2.07. The number of fused-ring (bicyclic) bond motifs is 1. The van der Waals surface area contributed by atoms with Gasteiger partial charge in [0.2, 0.25) is 5.91 Å². The third-order valence-electron chi connectivity index (χ3n) is 3.57. The topological polar surface area (TPSA) is 37.4 Å². The van der Waals surface area contributed by atoms with E-state index in [9.17, 15) is 9.59 Å². The summed E-state index contributed by atoms with van der Waals surface area (Å²) in [6.07, 6.45) is 0.228. The van der Waals surface area contributed by atoms with Gasteiger partial charge in [-0.2, -0.15) is 0 Å². The number of nitrogens with zero attached hydrogens (tertiary/aromatic N) is 1. The molecule has 3 rings (SSSR count). The highest BCUT2D eigenvalue weighted by Crippen LogP contribution is 2.39. The number of hydrogen-bond acceptors (Lipinski definition) is 3. The van der Waals surface area contributed by atoms with Gasteiger partial charge in [0, 0.05) is 23.9 Å². The lowest BCUT2D eigenvalue weighted by Gasteiger charge is -2.30. The molecule has 1 atom stereocenters. The minimum absolute atomic E-state index is 0.00855. The first-order valence-corrected chi connectivity index (χ1v) is 7.66. The molecule has 1 amide bonds. The van der Waals surface area contributed by atoms with Gasteiger partial charge in [0.25, 0.3) is 0 Å². The zero-order valence-corrected chi connectivity index (χ0v) is 12.5. The Morgan fingerprint density at radius 1 is 1.10 bits per heavy atom. The molecule has 0 aromatic heterocycles. The highest BCUT2D eigenvalue weighted by Gasteiger charge is 2.32. The largest absolute Gasteiger partial charge is 0.313 e. The number of ketones is 1. The Kier molecular flexibility index (Phi) is 3.80. The van der Waals surface area contributed by atoms with Crippen LogP contribution in [0.3, 0.4) is 0 Å². The Bertz CT molecular complexity index is 684. The summed E-state index contributed by atoms with van der Waals surface area (Å²) < 4.78 is 0. The monoisotopic (exact) mass is 297 g/mol. The average molecular weight is 297 g/mol. The molecule has 0 saturated carbocycles. The van der Waals surface area contributed by atoms with Crippen LogP contribution in [0, 0.1) is 0 Å². The van der Waals surface area contributed by atoms with E-state index in [4.69, 9.17) is 0 Å². The van der Waals surface area contributed by atoms with Crippen molar-refractivity contribution in [2.75, 3.05) is 11.9 Å². The molecule has 21 heavy (non-hydrogen) atoms. The van der Waals surface area contributed by atoms with Gasteiger partial charge in [0.05, 0.1) is 10.9 Å². The molecule has 0 spiro atoms. The van der Waals surface area contributed by atoms with Crippen LogP contribution in [0.25, 0.3) is 0 Å². The van der Waals surface area contributed by atoms with Gasteiger partial charge in [0.1, 0.15) is 0 Å². The molecular formula is C17H15NO2S. The van der Waals surface area contributed by atoms with Crippen molar-refractivity contribution in [1.29, 1.82) is 0 Å². The van der Waals surface area contributed by atoms with Crippen LogP contribution >= 0.6 is 11.8 Å². The minimum Gasteiger partial charge on any atom is -0.313 e. The second-order valence-electron chi connectivity index (χ2n) is 4.96. The summed E-state index contributed by atoms with van der Waals surface area (Å²) in [5.41, 5.74) is 1.57. The Morgan fingerprint density at radius 3 is 2.52 bits per heavy atom. The summed E-state index contributed by atoms with van der Waals surface area (Å²) in [6, 6.07) is 16.9. The number of hydrogen-bond donors (Lipinski definition) is 0. The van der Waals surface area contributed by atoms with E-state index in [0.29, 0.717) is 5.56 Å². The quantitative estimate of drug-likeness (QED) is 0.815. The van der Waals surface area contributed by atoms with E-state index in [1.165, 1.54) is 11.8 Å². The summed E-state index contributed by atoms with van der Waals surface area (Å²) in [5.74, 6) is -0.00258. The highest BCUT2D eigenvalue weighted by molar-refractivity contribution is 8.01. The molecule has 0 N–H and O–H groups in total. The van der Waals surface area contributed by atoms with Crippen molar-refractivity contribution in [1.82, 2.24) is 0 Å². The number of benzene rings is 2. The minimum atomic E-state index is -0.349. The second-order valence-corrected chi connectivity index (χ2v) is 6.21. The lowest BCUT2D eigenvalue weighted by Crippen LogP contribution is -2.39. The van der Waals surface area contributed by atoms with Gasteiger partial charge < -0.3 is 4.90 Å². The maximum absolute atomic E-state index is 12.4. The Labute approximate surface area is 128 Å². The average Bonchev–Trinajstić information content (AvgIpc) is 2.53. The van der Waals surface area contributed by atoms with Crippen LogP contribution in [0.2, 0.25) is 0 Å². The highest BCUT2D eigenvalue weighted by atomic mass is 32.2. The molecule has 1 unspecified atom stereocenters. The van der Waals surface area contributed by atoms with Crippen LogP contribution < -0.4 is 4.90 Å². The van der Waals surface area contributed by atoms with E-state index >= 15 is 0 Å². The van der Waals surface area contributed by atoms with Crippen LogP contribution in [-0.2, 0) is 4.79 Å². The number of anilines is 1. The summed E-state index contributed by atoms with van der Waals surface area (Å²) >= 11 is 1.48. The van der Waals surface area contributed by atoms with Gasteiger partial charge in [-0.25, -0.2) is 0 Å². The normalized spacial score (nSPS) is 17.5. The van der Waals surface area contributed by atoms with Crippen molar-refractivity contribution in [2.24, 2.45) is 0 Å². The number of amides is 1. The van der Waals surface area contributed by atoms with Gasteiger partial charge >= 0.3 is 0 Å². The molecule has 0 radical (unpaired) electrons. The molecule has 3 nitrogen and oxygen atoms in total. The van der Waals surface area contributed by atoms with E-state index in [-0.39, 0.29) is 23.4 Å². The first kappa shape index (κ1) is 13.9. The zero-order chi connectivity index (χ0) is 14.8. The van der Waals surface area contributed by atoms with Gasteiger partial charge in [-0.15, -0.1) is 11.8 Å². The predicted molar refractivity (Wildman–Crippen MR) is 84.9 cm³/mol. The smallest absolute Gasteiger partial charge is 0.240 e. The molecule has 2 aromatic rings. The third-order valence-corrected chi connectivity index (χ3v) is 4.82. The summed E-state index contributed by atoms with van der Waals surface area (Å²) in [5, 5.41) is -0.349. The van der Waals surface area contributed by atoms with Crippen LogP contribution in [0.15, 0.2) is 59.5 Å².